The van der Waals surface area contributed by atoms with E-state index in [2.05, 4.69) is 24.8 Å². The predicted octanol–water partition coefficient (Wildman–Crippen LogP) is 4.59. The first-order valence-corrected chi connectivity index (χ1v) is 9.12. The van der Waals surface area contributed by atoms with Crippen LogP contribution >= 0.6 is 11.6 Å². The molecule has 3 rings (SSSR count). The Labute approximate surface area is 152 Å². The van der Waals surface area contributed by atoms with Crippen LogP contribution in [-0.2, 0) is 0 Å². The number of nitro benzene ring substituents is 1. The molecule has 25 heavy (non-hydrogen) atoms. The van der Waals surface area contributed by atoms with Gasteiger partial charge in [0.1, 0.15) is 17.5 Å². The van der Waals surface area contributed by atoms with E-state index in [-0.39, 0.29) is 10.7 Å². The van der Waals surface area contributed by atoms with Gasteiger partial charge in [-0.05, 0) is 44.4 Å². The number of hydrogen-bond donors (Lipinski definition) is 0. The summed E-state index contributed by atoms with van der Waals surface area (Å²) >= 11 is 5.94. The van der Waals surface area contributed by atoms with E-state index in [1.54, 1.807) is 6.07 Å². The first-order chi connectivity index (χ1) is 12.0. The molecule has 7 heteroatoms. The number of nitro groups is 1. The third kappa shape index (κ3) is 3.63. The van der Waals surface area contributed by atoms with Gasteiger partial charge < -0.3 is 9.80 Å². The van der Waals surface area contributed by atoms with E-state index < -0.39 is 4.92 Å². The Balaban J connectivity index is 1.90. The lowest BCUT2D eigenvalue weighted by atomic mass is 10.1. The monoisotopic (exact) mass is 362 g/mol. The first-order valence-electron chi connectivity index (χ1n) is 8.74. The zero-order chi connectivity index (χ0) is 18.0. The van der Waals surface area contributed by atoms with E-state index in [0.717, 1.165) is 36.6 Å². The maximum absolute atomic E-state index is 11.2. The van der Waals surface area contributed by atoms with Gasteiger partial charge in [-0.25, -0.2) is 4.99 Å². The summed E-state index contributed by atoms with van der Waals surface area (Å²) < 4.78 is 0. The molecule has 0 amide bonds. The van der Waals surface area contributed by atoms with Gasteiger partial charge in [-0.15, -0.1) is 0 Å². The van der Waals surface area contributed by atoms with E-state index in [1.165, 1.54) is 18.9 Å². The molecule has 1 aromatic rings. The third-order valence-corrected chi connectivity index (χ3v) is 5.13. The number of nitrogens with zero attached hydrogens (tertiary/aromatic N) is 4. The van der Waals surface area contributed by atoms with Crippen molar-refractivity contribution in [2.45, 2.75) is 45.6 Å². The number of aliphatic imine (C=N–C) groups is 1. The molecule has 0 bridgehead atoms. The van der Waals surface area contributed by atoms with Crippen LogP contribution in [0.3, 0.4) is 0 Å². The van der Waals surface area contributed by atoms with Crippen molar-refractivity contribution >= 4 is 28.8 Å². The fourth-order valence-corrected chi connectivity index (χ4v) is 3.66. The molecular weight excluding hydrogens is 340 g/mol. The minimum Gasteiger partial charge on any atom is -0.354 e. The van der Waals surface area contributed by atoms with Crippen LogP contribution in [0.25, 0.3) is 0 Å². The number of amidine groups is 1. The molecule has 0 saturated carbocycles. The highest BCUT2D eigenvalue weighted by atomic mass is 35.5. The van der Waals surface area contributed by atoms with Crippen molar-refractivity contribution in [2.24, 2.45) is 4.99 Å². The molecule has 0 spiro atoms. The molecule has 134 valence electrons. The molecule has 1 saturated heterocycles. The second kappa shape index (κ2) is 7.44. The summed E-state index contributed by atoms with van der Waals surface area (Å²) in [5.74, 6) is 1.04. The van der Waals surface area contributed by atoms with Crippen LogP contribution in [0.2, 0.25) is 5.02 Å². The van der Waals surface area contributed by atoms with Crippen molar-refractivity contribution in [3.05, 3.63) is 45.1 Å². The maximum atomic E-state index is 11.2. The lowest BCUT2D eigenvalue weighted by Crippen LogP contribution is -2.37. The molecule has 0 radical (unpaired) electrons. The number of halogens is 1. The fourth-order valence-electron chi connectivity index (χ4n) is 3.47. The maximum Gasteiger partial charge on any atom is 0.289 e. The van der Waals surface area contributed by atoms with E-state index in [4.69, 9.17) is 16.6 Å². The van der Waals surface area contributed by atoms with Gasteiger partial charge >= 0.3 is 0 Å². The van der Waals surface area contributed by atoms with Crippen LogP contribution < -0.4 is 4.90 Å². The zero-order valence-electron chi connectivity index (χ0n) is 14.6. The van der Waals surface area contributed by atoms with Gasteiger partial charge in [-0.3, -0.25) is 10.1 Å². The molecular formula is C18H23ClN4O2. The van der Waals surface area contributed by atoms with Gasteiger partial charge in [-0.2, -0.15) is 0 Å². The van der Waals surface area contributed by atoms with Crippen LogP contribution in [0.4, 0.5) is 11.4 Å². The smallest absolute Gasteiger partial charge is 0.289 e. The summed E-state index contributed by atoms with van der Waals surface area (Å²) in [6.45, 7) is 5.89. The molecule has 0 unspecified atom stereocenters. The van der Waals surface area contributed by atoms with E-state index >= 15 is 0 Å². The molecule has 2 aliphatic rings. The highest BCUT2D eigenvalue weighted by molar-refractivity contribution is 6.32. The third-order valence-electron chi connectivity index (χ3n) is 4.81. The first kappa shape index (κ1) is 17.7. The highest BCUT2D eigenvalue weighted by Gasteiger charge is 2.26. The van der Waals surface area contributed by atoms with Gasteiger partial charge in [0, 0.05) is 30.0 Å². The molecule has 0 aliphatic carbocycles. The summed E-state index contributed by atoms with van der Waals surface area (Å²) in [4.78, 5) is 19.9. The lowest BCUT2D eigenvalue weighted by molar-refractivity contribution is -0.384. The summed E-state index contributed by atoms with van der Waals surface area (Å²) in [7, 11) is 0. The second-order valence-electron chi connectivity index (χ2n) is 6.55. The van der Waals surface area contributed by atoms with Crippen LogP contribution in [0.15, 0.2) is 35.0 Å². The van der Waals surface area contributed by atoms with E-state index in [9.17, 15) is 10.1 Å². The Morgan fingerprint density at radius 2 is 2.24 bits per heavy atom. The van der Waals surface area contributed by atoms with Crippen molar-refractivity contribution < 1.29 is 4.92 Å². The van der Waals surface area contributed by atoms with Crippen molar-refractivity contribution in [1.82, 2.24) is 4.90 Å². The number of hydrogen-bond acceptors (Lipinski definition) is 5. The zero-order valence-corrected chi connectivity index (χ0v) is 15.4. The largest absolute Gasteiger partial charge is 0.354 e. The quantitative estimate of drug-likeness (QED) is 0.580. The Morgan fingerprint density at radius 3 is 2.88 bits per heavy atom. The van der Waals surface area contributed by atoms with Gasteiger partial charge in [0.15, 0.2) is 0 Å². The van der Waals surface area contributed by atoms with Crippen LogP contribution in [0.5, 0.6) is 0 Å². The molecule has 0 aromatic heterocycles. The summed E-state index contributed by atoms with van der Waals surface area (Å²) in [6.07, 6.45) is 6.43. The number of benzene rings is 1. The van der Waals surface area contributed by atoms with Crippen molar-refractivity contribution in [2.75, 3.05) is 18.1 Å². The average molecular weight is 363 g/mol. The number of rotatable bonds is 4. The van der Waals surface area contributed by atoms with Crippen molar-refractivity contribution in [1.29, 1.82) is 0 Å². The molecule has 2 heterocycles. The van der Waals surface area contributed by atoms with Crippen LogP contribution in [0.1, 0.15) is 39.5 Å². The number of allylic oxidation sites excluding steroid dienone is 1. The Hall–Kier alpha value is -2.08. The summed E-state index contributed by atoms with van der Waals surface area (Å²) in [5, 5.41) is 11.3. The average Bonchev–Trinajstić information content (AvgIpc) is 3.01. The molecule has 1 aromatic carbocycles. The number of anilines is 1. The molecule has 0 N–H and O–H groups in total. The normalized spacial score (nSPS) is 20.5. The minimum absolute atomic E-state index is 0.0713. The Morgan fingerprint density at radius 1 is 1.44 bits per heavy atom. The molecule has 1 fully saturated rings. The highest BCUT2D eigenvalue weighted by Crippen LogP contribution is 2.33. The van der Waals surface area contributed by atoms with Crippen LogP contribution in [0, 0.1) is 10.1 Å². The lowest BCUT2D eigenvalue weighted by Gasteiger charge is -2.33. The SMILES string of the molecule is CCCC1=CC(N2CCC[C@H]2C)=NCN1c1ccc(Cl)c([N+](=O)[O-])c1. The second-order valence-corrected chi connectivity index (χ2v) is 6.96. The van der Waals surface area contributed by atoms with Crippen molar-refractivity contribution in [3.63, 3.8) is 0 Å². The molecule has 6 nitrogen and oxygen atoms in total. The van der Waals surface area contributed by atoms with Gasteiger partial charge in [0.05, 0.1) is 4.92 Å². The van der Waals surface area contributed by atoms with Crippen LogP contribution in [-0.4, -0.2) is 34.9 Å². The van der Waals surface area contributed by atoms with Gasteiger partial charge in [0.2, 0.25) is 0 Å². The van der Waals surface area contributed by atoms with Crippen molar-refractivity contribution in [3.8, 4) is 0 Å². The number of likely N-dealkylation sites (tertiary alicyclic amines) is 1. The predicted molar refractivity (Wildman–Crippen MR) is 101 cm³/mol. The Bertz CT molecular complexity index is 732. The molecule has 1 atom stereocenters. The van der Waals surface area contributed by atoms with Gasteiger partial charge in [0.25, 0.3) is 5.69 Å². The molecule has 2 aliphatic heterocycles. The minimum atomic E-state index is -0.445. The summed E-state index contributed by atoms with van der Waals surface area (Å²) in [6, 6.07) is 5.45. The topological polar surface area (TPSA) is 62.0 Å². The van der Waals surface area contributed by atoms with E-state index in [0.29, 0.717) is 12.7 Å². The fraction of sp³-hybridized carbons (Fsp3) is 0.500. The van der Waals surface area contributed by atoms with E-state index in [1.807, 2.05) is 11.0 Å². The standard InChI is InChI=1S/C18H23ClN4O2/c1-3-5-14-11-18(21-9-4-6-13(21)2)20-12-22(14)15-7-8-16(19)17(10-15)23(24)25/h7-8,10-11,13H,3-6,9,12H2,1-2H3/t13-/m1/s1. The Kier molecular flexibility index (Phi) is 5.27. The summed E-state index contributed by atoms with van der Waals surface area (Å²) in [5.41, 5.74) is 1.83. The van der Waals surface area contributed by atoms with Gasteiger partial charge in [-0.1, -0.05) is 24.9 Å².